The first-order valence-corrected chi connectivity index (χ1v) is 9.03. The molecule has 0 atom stereocenters. The minimum Gasteiger partial charge on any atom is -0.339 e. The average molecular weight is 354 g/mol. The van der Waals surface area contributed by atoms with E-state index in [2.05, 4.69) is 41.1 Å². The van der Waals surface area contributed by atoms with E-state index in [0.717, 1.165) is 25.3 Å². The zero-order valence-corrected chi connectivity index (χ0v) is 15.7. The van der Waals surface area contributed by atoms with Gasteiger partial charge in [0.1, 0.15) is 6.54 Å². The maximum absolute atomic E-state index is 12.6. The van der Waals surface area contributed by atoms with Crippen molar-refractivity contribution in [3.8, 4) is 0 Å². The summed E-state index contributed by atoms with van der Waals surface area (Å²) in [7, 11) is 0. The van der Waals surface area contributed by atoms with E-state index in [1.165, 1.54) is 15.7 Å². The van der Waals surface area contributed by atoms with Crippen LogP contribution in [0.4, 0.5) is 0 Å². The van der Waals surface area contributed by atoms with E-state index >= 15 is 0 Å². The molecule has 0 aliphatic carbocycles. The monoisotopic (exact) mass is 354 g/mol. The van der Waals surface area contributed by atoms with Gasteiger partial charge in [-0.05, 0) is 32.4 Å². The first-order valence-electron chi connectivity index (χ1n) is 9.03. The minimum absolute atomic E-state index is 0.0175. The van der Waals surface area contributed by atoms with Crippen LogP contribution < -0.4 is 5.69 Å². The molecule has 0 saturated carbocycles. The third kappa shape index (κ3) is 4.38. The molecule has 1 amide bonds. The molecule has 6 heteroatoms. The zero-order valence-electron chi connectivity index (χ0n) is 15.7. The number of amides is 1. The summed E-state index contributed by atoms with van der Waals surface area (Å²) in [6, 6.07) is 10.4. The molecule has 0 radical (unpaired) electrons. The number of carbonyl (C=O) groups excluding carboxylic acids is 1. The van der Waals surface area contributed by atoms with Crippen molar-refractivity contribution in [2.24, 2.45) is 0 Å². The summed E-state index contributed by atoms with van der Waals surface area (Å²) >= 11 is 0. The van der Waals surface area contributed by atoms with Crippen molar-refractivity contribution in [1.29, 1.82) is 0 Å². The van der Waals surface area contributed by atoms with Crippen LogP contribution in [0, 0.1) is 20.8 Å². The normalized spacial score (nSPS) is 15.3. The minimum atomic E-state index is -0.353. The lowest BCUT2D eigenvalue weighted by molar-refractivity contribution is -0.133. The topological polar surface area (TPSA) is 58.4 Å². The molecule has 0 spiro atoms. The molecule has 26 heavy (non-hydrogen) atoms. The second-order valence-electron chi connectivity index (χ2n) is 7.05. The molecular weight excluding hydrogens is 328 g/mol. The van der Waals surface area contributed by atoms with Crippen molar-refractivity contribution in [1.82, 2.24) is 19.4 Å². The molecule has 2 aromatic rings. The number of aromatic nitrogens is 2. The molecule has 2 heterocycles. The first-order chi connectivity index (χ1) is 12.4. The second-order valence-corrected chi connectivity index (χ2v) is 7.05. The number of piperazine rings is 1. The van der Waals surface area contributed by atoms with Crippen molar-refractivity contribution in [2.45, 2.75) is 33.9 Å². The Bertz CT molecular complexity index is 851. The Kier molecular flexibility index (Phi) is 5.52. The Hall–Kier alpha value is -2.47. The van der Waals surface area contributed by atoms with Gasteiger partial charge < -0.3 is 4.90 Å². The van der Waals surface area contributed by atoms with Gasteiger partial charge in [-0.1, -0.05) is 29.8 Å². The second kappa shape index (κ2) is 7.83. The van der Waals surface area contributed by atoms with Crippen molar-refractivity contribution in [3.05, 3.63) is 63.3 Å². The highest BCUT2D eigenvalue weighted by Crippen LogP contribution is 2.11. The van der Waals surface area contributed by atoms with E-state index in [0.29, 0.717) is 18.8 Å². The van der Waals surface area contributed by atoms with Crippen LogP contribution in [0.3, 0.4) is 0 Å². The number of hydrogen-bond donors (Lipinski definition) is 0. The van der Waals surface area contributed by atoms with Gasteiger partial charge in [0.05, 0.1) is 0 Å². The molecule has 0 bridgehead atoms. The molecule has 1 fully saturated rings. The average Bonchev–Trinajstić information content (AvgIpc) is 2.58. The van der Waals surface area contributed by atoms with E-state index in [9.17, 15) is 9.59 Å². The first kappa shape index (κ1) is 18.3. The highest BCUT2D eigenvalue weighted by atomic mass is 16.2. The number of hydrogen-bond acceptors (Lipinski definition) is 4. The fraction of sp³-hybridized carbons (Fsp3) is 0.450. The smallest absolute Gasteiger partial charge is 0.339 e. The van der Waals surface area contributed by atoms with Crippen molar-refractivity contribution in [2.75, 3.05) is 26.2 Å². The summed E-state index contributed by atoms with van der Waals surface area (Å²) in [5.74, 6) is -0.0175. The molecule has 1 aliphatic heterocycles. The van der Waals surface area contributed by atoms with Gasteiger partial charge in [0, 0.05) is 44.1 Å². The Balaban J connectivity index is 1.56. The number of aryl methyl sites for hydroxylation is 3. The molecule has 1 aromatic heterocycles. The molecule has 138 valence electrons. The summed E-state index contributed by atoms with van der Waals surface area (Å²) in [6.45, 7) is 9.77. The van der Waals surface area contributed by atoms with Crippen molar-refractivity contribution < 1.29 is 4.79 Å². The molecule has 1 saturated heterocycles. The highest BCUT2D eigenvalue weighted by molar-refractivity contribution is 5.76. The fourth-order valence-corrected chi connectivity index (χ4v) is 3.43. The Morgan fingerprint density at radius 1 is 1.08 bits per heavy atom. The SMILES string of the molecule is Cc1cccc(CN2CCN(C(=O)Cn3c(C)cc(C)nc3=O)CC2)c1. The summed E-state index contributed by atoms with van der Waals surface area (Å²) in [5.41, 5.74) is 3.67. The molecular formula is C20H26N4O2. The van der Waals surface area contributed by atoms with E-state index in [-0.39, 0.29) is 18.1 Å². The fourth-order valence-electron chi connectivity index (χ4n) is 3.43. The van der Waals surface area contributed by atoms with E-state index in [4.69, 9.17) is 0 Å². The van der Waals surface area contributed by atoms with Crippen LogP contribution in [0.2, 0.25) is 0 Å². The zero-order chi connectivity index (χ0) is 18.7. The van der Waals surface area contributed by atoms with Gasteiger partial charge in [-0.2, -0.15) is 4.98 Å². The molecule has 1 aliphatic rings. The van der Waals surface area contributed by atoms with Crippen LogP contribution in [0.5, 0.6) is 0 Å². The van der Waals surface area contributed by atoms with Gasteiger partial charge in [-0.3, -0.25) is 14.3 Å². The van der Waals surface area contributed by atoms with Gasteiger partial charge in [0.25, 0.3) is 0 Å². The van der Waals surface area contributed by atoms with Crippen molar-refractivity contribution in [3.63, 3.8) is 0 Å². The predicted molar refractivity (Wildman–Crippen MR) is 101 cm³/mol. The maximum atomic E-state index is 12.6. The largest absolute Gasteiger partial charge is 0.348 e. The van der Waals surface area contributed by atoms with Crippen LogP contribution in [0.25, 0.3) is 0 Å². The number of benzene rings is 1. The summed E-state index contributed by atoms with van der Waals surface area (Å²) < 4.78 is 1.45. The van der Waals surface area contributed by atoms with Crippen LogP contribution >= 0.6 is 0 Å². The number of nitrogens with zero attached hydrogens (tertiary/aromatic N) is 4. The quantitative estimate of drug-likeness (QED) is 0.835. The summed E-state index contributed by atoms with van der Waals surface area (Å²) in [6.07, 6.45) is 0. The van der Waals surface area contributed by atoms with E-state index in [1.54, 1.807) is 6.92 Å². The highest BCUT2D eigenvalue weighted by Gasteiger charge is 2.22. The van der Waals surface area contributed by atoms with Gasteiger partial charge in [-0.25, -0.2) is 4.79 Å². The Morgan fingerprint density at radius 3 is 2.46 bits per heavy atom. The summed E-state index contributed by atoms with van der Waals surface area (Å²) in [5, 5.41) is 0. The van der Waals surface area contributed by atoms with Crippen LogP contribution in [0.15, 0.2) is 35.1 Å². The molecule has 3 rings (SSSR count). The van der Waals surface area contributed by atoms with Gasteiger partial charge >= 0.3 is 5.69 Å². The lowest BCUT2D eigenvalue weighted by Gasteiger charge is -2.35. The lowest BCUT2D eigenvalue weighted by atomic mass is 10.1. The van der Waals surface area contributed by atoms with Crippen molar-refractivity contribution >= 4 is 5.91 Å². The Morgan fingerprint density at radius 2 is 1.81 bits per heavy atom. The van der Waals surface area contributed by atoms with E-state index < -0.39 is 0 Å². The molecule has 0 unspecified atom stereocenters. The molecule has 1 aromatic carbocycles. The number of carbonyl (C=O) groups is 1. The van der Waals surface area contributed by atoms with Crippen LogP contribution in [-0.4, -0.2) is 51.4 Å². The predicted octanol–water partition coefficient (Wildman–Crippen LogP) is 1.51. The Labute approximate surface area is 154 Å². The lowest BCUT2D eigenvalue weighted by Crippen LogP contribution is -2.49. The molecule has 6 nitrogen and oxygen atoms in total. The van der Waals surface area contributed by atoms with Crippen LogP contribution in [0.1, 0.15) is 22.5 Å². The standard InChI is InChI=1S/C20H26N4O2/c1-15-5-4-6-18(11-15)13-22-7-9-23(10-8-22)19(25)14-24-17(3)12-16(2)21-20(24)26/h4-6,11-12H,7-10,13-14H2,1-3H3. The third-order valence-electron chi connectivity index (χ3n) is 4.85. The summed E-state index contributed by atoms with van der Waals surface area (Å²) in [4.78, 5) is 32.8. The van der Waals surface area contributed by atoms with Gasteiger partial charge in [0.15, 0.2) is 0 Å². The van der Waals surface area contributed by atoms with Gasteiger partial charge in [0.2, 0.25) is 5.91 Å². The molecule has 0 N–H and O–H groups in total. The maximum Gasteiger partial charge on any atom is 0.348 e. The van der Waals surface area contributed by atoms with Crippen LogP contribution in [-0.2, 0) is 17.9 Å². The number of rotatable bonds is 4. The van der Waals surface area contributed by atoms with E-state index in [1.807, 2.05) is 17.9 Å². The third-order valence-corrected chi connectivity index (χ3v) is 4.85. The van der Waals surface area contributed by atoms with Gasteiger partial charge in [-0.15, -0.1) is 0 Å².